The molecule has 0 aliphatic carbocycles. The van der Waals surface area contributed by atoms with Gasteiger partial charge < -0.3 is 23.7 Å². The number of amides is 2. The van der Waals surface area contributed by atoms with Crippen LogP contribution in [-0.2, 0) is 22.6 Å². The predicted molar refractivity (Wildman–Crippen MR) is 134 cm³/mol. The molecule has 2 amide bonds. The van der Waals surface area contributed by atoms with Gasteiger partial charge in [0.15, 0.2) is 0 Å². The van der Waals surface area contributed by atoms with Crippen molar-refractivity contribution < 1.29 is 27.9 Å². The van der Waals surface area contributed by atoms with Crippen LogP contribution in [0.4, 0.5) is 4.39 Å². The van der Waals surface area contributed by atoms with Crippen LogP contribution in [0.1, 0.15) is 40.8 Å². The van der Waals surface area contributed by atoms with E-state index in [0.717, 1.165) is 11.3 Å². The molecule has 0 aliphatic heterocycles. The number of methoxy groups -OCH3 is 1. The number of furan rings is 1. The molecule has 1 heterocycles. The molecule has 2 aromatic carbocycles. The molecule has 0 aliphatic rings. The fourth-order valence-electron chi connectivity index (χ4n) is 3.76. The first-order valence-electron chi connectivity index (χ1n) is 12.0. The van der Waals surface area contributed by atoms with E-state index in [4.69, 9.17) is 13.9 Å². The third kappa shape index (κ3) is 7.95. The summed E-state index contributed by atoms with van der Waals surface area (Å²) in [7, 11) is 1.54. The molecule has 192 valence electrons. The van der Waals surface area contributed by atoms with Gasteiger partial charge in [-0.15, -0.1) is 0 Å². The second-order valence-corrected chi connectivity index (χ2v) is 8.40. The van der Waals surface area contributed by atoms with Crippen molar-refractivity contribution in [2.24, 2.45) is 0 Å². The molecule has 0 N–H and O–H groups in total. The normalized spacial score (nSPS) is 10.8. The molecule has 0 unspecified atom stereocenters. The molecule has 0 fully saturated rings. The Labute approximate surface area is 211 Å². The number of aryl methyl sites for hydroxylation is 1. The van der Waals surface area contributed by atoms with Crippen molar-refractivity contribution in [3.8, 4) is 5.75 Å². The van der Waals surface area contributed by atoms with E-state index in [1.807, 2.05) is 26.0 Å². The number of ether oxygens (including phenoxy) is 2. The van der Waals surface area contributed by atoms with Crippen molar-refractivity contribution in [3.63, 3.8) is 0 Å². The molecule has 0 bridgehead atoms. The number of halogens is 1. The first kappa shape index (κ1) is 26.9. The van der Waals surface area contributed by atoms with E-state index in [-0.39, 0.29) is 37.3 Å². The SMILES string of the molecule is CCOCCCN(CC(=O)N(Cc1ccc(F)cc1)Cc1ccc(C)o1)C(=O)c1cccc(OC)c1. The van der Waals surface area contributed by atoms with Crippen LogP contribution in [0.2, 0.25) is 0 Å². The summed E-state index contributed by atoms with van der Waals surface area (Å²) in [5, 5.41) is 0. The van der Waals surface area contributed by atoms with Crippen LogP contribution in [0.3, 0.4) is 0 Å². The van der Waals surface area contributed by atoms with Crippen molar-refractivity contribution in [1.29, 1.82) is 0 Å². The largest absolute Gasteiger partial charge is 0.497 e. The molecule has 0 saturated carbocycles. The zero-order valence-electron chi connectivity index (χ0n) is 21.0. The van der Waals surface area contributed by atoms with Crippen LogP contribution in [0.25, 0.3) is 0 Å². The van der Waals surface area contributed by atoms with Gasteiger partial charge in [-0.1, -0.05) is 18.2 Å². The molecular formula is C28H33FN2O5. The van der Waals surface area contributed by atoms with Crippen molar-refractivity contribution in [1.82, 2.24) is 9.80 Å². The highest BCUT2D eigenvalue weighted by Crippen LogP contribution is 2.17. The first-order chi connectivity index (χ1) is 17.4. The van der Waals surface area contributed by atoms with Gasteiger partial charge in [0.05, 0.1) is 13.7 Å². The minimum Gasteiger partial charge on any atom is -0.497 e. The summed E-state index contributed by atoms with van der Waals surface area (Å²) in [5.41, 5.74) is 1.21. The molecule has 8 heteroatoms. The van der Waals surface area contributed by atoms with E-state index in [1.165, 1.54) is 24.1 Å². The number of benzene rings is 2. The Morgan fingerprint density at radius 3 is 2.44 bits per heavy atom. The van der Waals surface area contributed by atoms with Crippen LogP contribution in [0, 0.1) is 12.7 Å². The number of carbonyl (C=O) groups is 2. The highest BCUT2D eigenvalue weighted by molar-refractivity contribution is 5.96. The van der Waals surface area contributed by atoms with Crippen molar-refractivity contribution >= 4 is 11.8 Å². The van der Waals surface area contributed by atoms with E-state index < -0.39 is 0 Å². The van der Waals surface area contributed by atoms with Crippen LogP contribution >= 0.6 is 0 Å². The number of carbonyl (C=O) groups excluding carboxylic acids is 2. The number of nitrogens with zero attached hydrogens (tertiary/aromatic N) is 2. The highest BCUT2D eigenvalue weighted by atomic mass is 19.1. The summed E-state index contributed by atoms with van der Waals surface area (Å²) >= 11 is 0. The van der Waals surface area contributed by atoms with Gasteiger partial charge in [0.25, 0.3) is 5.91 Å². The summed E-state index contributed by atoms with van der Waals surface area (Å²) in [6.07, 6.45) is 0.589. The number of rotatable bonds is 13. The van der Waals surface area contributed by atoms with E-state index in [1.54, 1.807) is 41.3 Å². The summed E-state index contributed by atoms with van der Waals surface area (Å²) in [5.74, 6) is 1.07. The smallest absolute Gasteiger partial charge is 0.254 e. The molecule has 3 aromatic rings. The van der Waals surface area contributed by atoms with Gasteiger partial charge in [-0.05, 0) is 68.3 Å². The lowest BCUT2D eigenvalue weighted by atomic mass is 10.1. The van der Waals surface area contributed by atoms with Crippen LogP contribution in [0.5, 0.6) is 5.75 Å². The van der Waals surface area contributed by atoms with Gasteiger partial charge in [0.1, 0.15) is 29.6 Å². The molecule has 0 radical (unpaired) electrons. The van der Waals surface area contributed by atoms with E-state index >= 15 is 0 Å². The summed E-state index contributed by atoms with van der Waals surface area (Å²) < 4.78 is 29.8. The maximum Gasteiger partial charge on any atom is 0.254 e. The molecule has 36 heavy (non-hydrogen) atoms. The average molecular weight is 497 g/mol. The predicted octanol–water partition coefficient (Wildman–Crippen LogP) is 4.83. The van der Waals surface area contributed by atoms with Gasteiger partial charge in [-0.2, -0.15) is 0 Å². The molecule has 3 rings (SSSR count). The Kier molecular flexibility index (Phi) is 10.1. The Bertz CT molecular complexity index is 1130. The highest BCUT2D eigenvalue weighted by Gasteiger charge is 2.24. The third-order valence-electron chi connectivity index (χ3n) is 5.63. The minimum absolute atomic E-state index is 0.122. The first-order valence-corrected chi connectivity index (χ1v) is 12.0. The van der Waals surface area contributed by atoms with E-state index in [2.05, 4.69) is 0 Å². The average Bonchev–Trinajstić information content (AvgIpc) is 3.30. The summed E-state index contributed by atoms with van der Waals surface area (Å²) in [4.78, 5) is 30.1. The van der Waals surface area contributed by atoms with E-state index in [9.17, 15) is 14.0 Å². The lowest BCUT2D eigenvalue weighted by Gasteiger charge is -2.27. The van der Waals surface area contributed by atoms with Gasteiger partial charge in [0.2, 0.25) is 5.91 Å². The van der Waals surface area contributed by atoms with Crippen molar-refractivity contribution in [2.75, 3.05) is 33.4 Å². The number of hydrogen-bond donors (Lipinski definition) is 0. The Morgan fingerprint density at radius 2 is 1.78 bits per heavy atom. The Morgan fingerprint density at radius 1 is 1.00 bits per heavy atom. The second-order valence-electron chi connectivity index (χ2n) is 8.40. The fourth-order valence-corrected chi connectivity index (χ4v) is 3.76. The zero-order valence-corrected chi connectivity index (χ0v) is 21.0. The van der Waals surface area contributed by atoms with Crippen LogP contribution < -0.4 is 4.74 Å². The van der Waals surface area contributed by atoms with Crippen LogP contribution in [-0.4, -0.2) is 55.0 Å². The molecular weight excluding hydrogens is 463 g/mol. The fraction of sp³-hybridized carbons (Fsp3) is 0.357. The van der Waals surface area contributed by atoms with Gasteiger partial charge in [0, 0.05) is 31.9 Å². The minimum atomic E-state index is -0.345. The van der Waals surface area contributed by atoms with Gasteiger partial charge in [-0.3, -0.25) is 9.59 Å². The molecule has 7 nitrogen and oxygen atoms in total. The molecule has 1 aromatic heterocycles. The Balaban J connectivity index is 1.81. The molecule has 0 atom stereocenters. The van der Waals surface area contributed by atoms with Gasteiger partial charge in [-0.25, -0.2) is 4.39 Å². The van der Waals surface area contributed by atoms with Crippen LogP contribution in [0.15, 0.2) is 65.1 Å². The summed E-state index contributed by atoms with van der Waals surface area (Å²) in [6, 6.07) is 16.5. The Hall–Kier alpha value is -3.65. The number of hydrogen-bond acceptors (Lipinski definition) is 5. The lowest BCUT2D eigenvalue weighted by molar-refractivity contribution is -0.133. The second kappa shape index (κ2) is 13.4. The standard InChI is InChI=1S/C28H33FN2O5/c1-4-35-16-6-15-30(28(33)23-7-5-8-25(17-23)34-3)20-27(32)31(19-26-14-9-21(2)36-26)18-22-10-12-24(29)13-11-22/h5,7-14,17H,4,6,15-16,18-20H2,1-3H3. The molecule has 0 spiro atoms. The zero-order chi connectivity index (χ0) is 25.9. The maximum absolute atomic E-state index is 13.5. The lowest BCUT2D eigenvalue weighted by Crippen LogP contribution is -2.43. The topological polar surface area (TPSA) is 72.2 Å². The van der Waals surface area contributed by atoms with Gasteiger partial charge >= 0.3 is 0 Å². The van der Waals surface area contributed by atoms with Crippen molar-refractivity contribution in [2.45, 2.75) is 33.4 Å². The molecule has 0 saturated heterocycles. The third-order valence-corrected chi connectivity index (χ3v) is 5.63. The quantitative estimate of drug-likeness (QED) is 0.317. The van der Waals surface area contributed by atoms with Crippen molar-refractivity contribution in [3.05, 3.63) is 89.1 Å². The van der Waals surface area contributed by atoms with E-state index in [0.29, 0.717) is 43.3 Å². The summed E-state index contributed by atoms with van der Waals surface area (Å²) in [6.45, 7) is 5.52. The monoisotopic (exact) mass is 496 g/mol. The maximum atomic E-state index is 13.5.